The Hall–Kier alpha value is -3.19. The van der Waals surface area contributed by atoms with Gasteiger partial charge >= 0.3 is 6.01 Å². The molecule has 1 saturated heterocycles. The summed E-state index contributed by atoms with van der Waals surface area (Å²) in [6.45, 7) is 0.687. The van der Waals surface area contributed by atoms with E-state index in [1.165, 1.54) is 0 Å². The lowest BCUT2D eigenvalue weighted by atomic mass is 10.2. The van der Waals surface area contributed by atoms with E-state index < -0.39 is 0 Å². The summed E-state index contributed by atoms with van der Waals surface area (Å²) in [6.07, 6.45) is 1.63. The van der Waals surface area contributed by atoms with E-state index in [2.05, 4.69) is 15.5 Å². The molecule has 132 valence electrons. The van der Waals surface area contributed by atoms with Crippen LogP contribution in [0, 0.1) is 0 Å². The molecule has 1 N–H and O–H groups in total. The number of para-hydroxylation sites is 1. The topological polar surface area (TPSA) is 86.5 Å². The maximum atomic E-state index is 12.3. The van der Waals surface area contributed by atoms with Crippen molar-refractivity contribution < 1.29 is 18.7 Å². The molecule has 3 aromatic rings. The Kier molecular flexibility index (Phi) is 4.61. The fraction of sp³-hybridized carbons (Fsp3) is 0.211. The zero-order valence-electron chi connectivity index (χ0n) is 13.9. The molecule has 7 heteroatoms. The molecule has 0 spiro atoms. The Labute approximate surface area is 150 Å². The summed E-state index contributed by atoms with van der Waals surface area (Å²) >= 11 is 0. The van der Waals surface area contributed by atoms with E-state index >= 15 is 0 Å². The van der Waals surface area contributed by atoms with Gasteiger partial charge in [-0.25, -0.2) is 0 Å². The fourth-order valence-corrected chi connectivity index (χ4v) is 2.66. The van der Waals surface area contributed by atoms with Crippen molar-refractivity contribution in [3.63, 3.8) is 0 Å². The highest BCUT2D eigenvalue weighted by Crippen LogP contribution is 2.28. The Morgan fingerprint density at radius 3 is 2.54 bits per heavy atom. The van der Waals surface area contributed by atoms with Crippen LogP contribution in [0.2, 0.25) is 0 Å². The standard InChI is InChI=1S/C19H17N3O4/c23-17(20-19-22-21-18(26-19)16-7-4-12-24-16)13-8-10-15(11-9-13)25-14-5-2-1-3-6-14/h1-3,5-6,8-11,16H,4,7,12H2,(H,20,22,23). The largest absolute Gasteiger partial charge is 0.457 e. The number of rotatable bonds is 5. The first-order valence-electron chi connectivity index (χ1n) is 8.37. The molecule has 1 atom stereocenters. The Morgan fingerprint density at radius 2 is 1.81 bits per heavy atom. The van der Waals surface area contributed by atoms with Crippen molar-refractivity contribution >= 4 is 11.9 Å². The molecule has 1 aliphatic heterocycles. The second-order valence-electron chi connectivity index (χ2n) is 5.84. The van der Waals surface area contributed by atoms with Crippen molar-refractivity contribution in [3.8, 4) is 11.5 Å². The molecule has 4 rings (SSSR count). The Morgan fingerprint density at radius 1 is 1.04 bits per heavy atom. The summed E-state index contributed by atoms with van der Waals surface area (Å²) in [5.74, 6) is 1.44. The van der Waals surface area contributed by atoms with Crippen LogP contribution < -0.4 is 10.1 Å². The van der Waals surface area contributed by atoms with Crippen LogP contribution in [0.4, 0.5) is 6.01 Å². The number of aromatic nitrogens is 2. The van der Waals surface area contributed by atoms with Gasteiger partial charge in [0, 0.05) is 12.2 Å². The minimum absolute atomic E-state index is 0.0603. The van der Waals surface area contributed by atoms with Crippen LogP contribution in [0.25, 0.3) is 0 Å². The van der Waals surface area contributed by atoms with Gasteiger partial charge in [-0.1, -0.05) is 23.3 Å². The molecule has 1 unspecified atom stereocenters. The number of carbonyl (C=O) groups excluding carboxylic acids is 1. The third kappa shape index (κ3) is 3.73. The third-order valence-corrected chi connectivity index (χ3v) is 3.96. The molecule has 7 nitrogen and oxygen atoms in total. The van der Waals surface area contributed by atoms with Crippen LogP contribution >= 0.6 is 0 Å². The van der Waals surface area contributed by atoms with Gasteiger partial charge in [-0.15, -0.1) is 5.10 Å². The molecule has 0 saturated carbocycles. The number of nitrogens with zero attached hydrogens (tertiary/aromatic N) is 2. The van der Waals surface area contributed by atoms with Gasteiger partial charge in [0.15, 0.2) is 0 Å². The molecule has 0 radical (unpaired) electrons. The SMILES string of the molecule is O=C(Nc1nnc(C2CCCO2)o1)c1ccc(Oc2ccccc2)cc1. The van der Waals surface area contributed by atoms with Crippen molar-refractivity contribution in [1.29, 1.82) is 0 Å². The maximum Gasteiger partial charge on any atom is 0.322 e. The van der Waals surface area contributed by atoms with E-state index in [9.17, 15) is 4.79 Å². The predicted octanol–water partition coefficient (Wildman–Crippen LogP) is 3.97. The first-order valence-corrected chi connectivity index (χ1v) is 8.37. The van der Waals surface area contributed by atoms with Gasteiger partial charge in [0.2, 0.25) is 5.89 Å². The molecule has 2 heterocycles. The monoisotopic (exact) mass is 351 g/mol. The first-order chi connectivity index (χ1) is 12.8. The van der Waals surface area contributed by atoms with Crippen LogP contribution in [0.1, 0.15) is 35.2 Å². The molecule has 0 aliphatic carbocycles. The van der Waals surface area contributed by atoms with Crippen LogP contribution in [0.5, 0.6) is 11.5 Å². The summed E-state index contributed by atoms with van der Waals surface area (Å²) in [5.41, 5.74) is 0.460. The summed E-state index contributed by atoms with van der Waals surface area (Å²) < 4.78 is 16.6. The highest BCUT2D eigenvalue weighted by molar-refractivity contribution is 6.03. The lowest BCUT2D eigenvalue weighted by Gasteiger charge is -2.06. The first kappa shape index (κ1) is 16.3. The lowest BCUT2D eigenvalue weighted by molar-refractivity contribution is 0.0893. The van der Waals surface area contributed by atoms with Crippen molar-refractivity contribution in [2.24, 2.45) is 0 Å². The summed E-state index contributed by atoms with van der Waals surface area (Å²) in [6, 6.07) is 16.3. The van der Waals surface area contributed by atoms with E-state index in [4.69, 9.17) is 13.9 Å². The van der Waals surface area contributed by atoms with Crippen molar-refractivity contribution in [3.05, 3.63) is 66.1 Å². The van der Waals surface area contributed by atoms with Gasteiger partial charge in [0.05, 0.1) is 0 Å². The lowest BCUT2D eigenvalue weighted by Crippen LogP contribution is -2.11. The van der Waals surface area contributed by atoms with Gasteiger partial charge in [0.1, 0.15) is 17.6 Å². The van der Waals surface area contributed by atoms with E-state index in [0.717, 1.165) is 18.6 Å². The van der Waals surface area contributed by atoms with Crippen LogP contribution in [-0.4, -0.2) is 22.7 Å². The third-order valence-electron chi connectivity index (χ3n) is 3.96. The zero-order chi connectivity index (χ0) is 17.8. The van der Waals surface area contributed by atoms with Crippen LogP contribution in [-0.2, 0) is 4.74 Å². The van der Waals surface area contributed by atoms with Crippen molar-refractivity contribution in [2.75, 3.05) is 11.9 Å². The molecule has 1 aliphatic rings. The number of hydrogen-bond acceptors (Lipinski definition) is 6. The van der Waals surface area contributed by atoms with E-state index in [-0.39, 0.29) is 18.0 Å². The Bertz CT molecular complexity index is 871. The van der Waals surface area contributed by atoms with Crippen molar-refractivity contribution in [1.82, 2.24) is 10.2 Å². The van der Waals surface area contributed by atoms with Crippen LogP contribution in [0.15, 0.2) is 59.0 Å². The van der Waals surface area contributed by atoms with Gasteiger partial charge in [-0.3, -0.25) is 10.1 Å². The number of nitrogens with one attached hydrogen (secondary N) is 1. The van der Waals surface area contributed by atoms with E-state index in [0.29, 0.717) is 23.8 Å². The zero-order valence-corrected chi connectivity index (χ0v) is 13.9. The molecule has 2 aromatic carbocycles. The molecular formula is C19H17N3O4. The smallest absolute Gasteiger partial charge is 0.322 e. The average Bonchev–Trinajstić information content (AvgIpc) is 3.35. The predicted molar refractivity (Wildman–Crippen MR) is 93.1 cm³/mol. The maximum absolute atomic E-state index is 12.3. The van der Waals surface area contributed by atoms with Crippen molar-refractivity contribution in [2.45, 2.75) is 18.9 Å². The normalized spacial score (nSPS) is 16.4. The summed E-state index contributed by atoms with van der Waals surface area (Å²) in [7, 11) is 0. The number of hydrogen-bond donors (Lipinski definition) is 1. The number of amides is 1. The Balaban J connectivity index is 1.38. The molecular weight excluding hydrogens is 334 g/mol. The number of anilines is 1. The number of carbonyl (C=O) groups is 1. The number of ether oxygens (including phenoxy) is 2. The molecule has 1 amide bonds. The van der Waals surface area contributed by atoms with E-state index in [1.807, 2.05) is 30.3 Å². The summed E-state index contributed by atoms with van der Waals surface area (Å²) in [5, 5.41) is 10.4. The van der Waals surface area contributed by atoms with Gasteiger partial charge in [0.25, 0.3) is 5.91 Å². The van der Waals surface area contributed by atoms with Gasteiger partial charge in [-0.05, 0) is 49.2 Å². The van der Waals surface area contributed by atoms with Crippen LogP contribution in [0.3, 0.4) is 0 Å². The second-order valence-corrected chi connectivity index (χ2v) is 5.84. The number of benzene rings is 2. The molecule has 0 bridgehead atoms. The molecule has 1 aromatic heterocycles. The van der Waals surface area contributed by atoms with Gasteiger partial charge in [-0.2, -0.15) is 0 Å². The molecule has 1 fully saturated rings. The van der Waals surface area contributed by atoms with E-state index in [1.54, 1.807) is 24.3 Å². The minimum Gasteiger partial charge on any atom is -0.457 e. The summed E-state index contributed by atoms with van der Waals surface area (Å²) in [4.78, 5) is 12.3. The highest BCUT2D eigenvalue weighted by Gasteiger charge is 2.24. The second kappa shape index (κ2) is 7.37. The minimum atomic E-state index is -0.334. The highest BCUT2D eigenvalue weighted by atomic mass is 16.5. The van der Waals surface area contributed by atoms with Gasteiger partial charge < -0.3 is 13.9 Å². The fourth-order valence-electron chi connectivity index (χ4n) is 2.66. The average molecular weight is 351 g/mol. The molecule has 26 heavy (non-hydrogen) atoms. The quantitative estimate of drug-likeness (QED) is 0.748.